The van der Waals surface area contributed by atoms with Crippen molar-refractivity contribution in [1.82, 2.24) is 0 Å². The van der Waals surface area contributed by atoms with Crippen LogP contribution in [0.4, 0.5) is 11.4 Å². The maximum Gasteiger partial charge on any atom is 0.308 e. The molecule has 2 aromatic rings. The summed E-state index contributed by atoms with van der Waals surface area (Å²) in [5.41, 5.74) is 2.81. The molecule has 0 radical (unpaired) electrons. The summed E-state index contributed by atoms with van der Waals surface area (Å²) in [5.74, 6) is 0.749. The Morgan fingerprint density at radius 2 is 1.62 bits per heavy atom. The van der Waals surface area contributed by atoms with Gasteiger partial charge in [-0.25, -0.2) is 0 Å². The molecule has 0 saturated heterocycles. The third-order valence-electron chi connectivity index (χ3n) is 4.69. The molecule has 5 nitrogen and oxygen atoms in total. The molecule has 0 N–H and O–H groups in total. The molecule has 0 aliphatic heterocycles. The van der Waals surface area contributed by atoms with E-state index in [0.29, 0.717) is 13.2 Å². The fourth-order valence-electron chi connectivity index (χ4n) is 2.64. The lowest BCUT2D eigenvalue weighted by molar-refractivity contribution is -0.148. The Hall–Kier alpha value is -2.69. The highest BCUT2D eigenvalue weighted by Gasteiger charge is 2.10. The molecule has 0 aromatic heterocycles. The Kier molecular flexibility index (Phi) is 9.90. The second-order valence-electron chi connectivity index (χ2n) is 7.27. The summed E-state index contributed by atoms with van der Waals surface area (Å²) < 4.78 is 11.0. The quantitative estimate of drug-likeness (QED) is 0.222. The molecule has 1 atom stereocenters. The minimum absolute atomic E-state index is 0.00111. The average Bonchev–Trinajstić information content (AvgIpc) is 2.74. The number of carbonyl (C=O) groups excluding carboxylic acids is 1. The predicted molar refractivity (Wildman–Crippen MR) is 116 cm³/mol. The van der Waals surface area contributed by atoms with Gasteiger partial charge < -0.3 is 9.47 Å². The largest absolute Gasteiger partial charge is 0.494 e. The van der Waals surface area contributed by atoms with Gasteiger partial charge in [0.1, 0.15) is 5.75 Å². The summed E-state index contributed by atoms with van der Waals surface area (Å²) >= 11 is 0. The van der Waals surface area contributed by atoms with Gasteiger partial charge in [0.05, 0.1) is 30.5 Å². The van der Waals surface area contributed by atoms with Crippen molar-refractivity contribution in [2.75, 3.05) is 13.2 Å². The monoisotopic (exact) mass is 396 g/mol. The SMILES string of the molecule is CCC(C)C(=O)OCCCCCCOc1ccc(N=Nc2cccc(C)c2)cc1. The zero-order valence-electron chi connectivity index (χ0n) is 17.8. The van der Waals surface area contributed by atoms with Gasteiger partial charge in [-0.1, -0.05) is 26.0 Å². The lowest BCUT2D eigenvalue weighted by Crippen LogP contribution is -2.14. The Balaban J connectivity index is 1.59. The molecule has 2 aromatic carbocycles. The third kappa shape index (κ3) is 8.90. The molecule has 0 bridgehead atoms. The van der Waals surface area contributed by atoms with E-state index in [-0.39, 0.29) is 11.9 Å². The van der Waals surface area contributed by atoms with Gasteiger partial charge >= 0.3 is 5.97 Å². The maximum atomic E-state index is 11.6. The lowest BCUT2D eigenvalue weighted by atomic mass is 10.1. The summed E-state index contributed by atoms with van der Waals surface area (Å²) in [6.07, 6.45) is 4.81. The van der Waals surface area contributed by atoms with E-state index in [1.165, 1.54) is 0 Å². The van der Waals surface area contributed by atoms with Gasteiger partial charge in [0, 0.05) is 0 Å². The van der Waals surface area contributed by atoms with E-state index < -0.39 is 0 Å². The molecular formula is C24H32N2O3. The molecule has 0 saturated carbocycles. The van der Waals surface area contributed by atoms with Crippen LogP contribution in [-0.2, 0) is 9.53 Å². The second-order valence-corrected chi connectivity index (χ2v) is 7.27. The van der Waals surface area contributed by atoms with E-state index in [9.17, 15) is 4.79 Å². The number of esters is 1. The molecule has 156 valence electrons. The average molecular weight is 397 g/mol. The van der Waals surface area contributed by atoms with Crippen molar-refractivity contribution in [3.63, 3.8) is 0 Å². The van der Waals surface area contributed by atoms with E-state index >= 15 is 0 Å². The summed E-state index contributed by atoms with van der Waals surface area (Å²) in [5, 5.41) is 8.52. The van der Waals surface area contributed by atoms with Crippen molar-refractivity contribution in [3.05, 3.63) is 54.1 Å². The summed E-state index contributed by atoms with van der Waals surface area (Å²) in [6.45, 7) is 7.13. The van der Waals surface area contributed by atoms with Crippen molar-refractivity contribution < 1.29 is 14.3 Å². The Labute approximate surface area is 174 Å². The van der Waals surface area contributed by atoms with Gasteiger partial charge in [0.15, 0.2) is 0 Å². The first-order valence-electron chi connectivity index (χ1n) is 10.5. The van der Waals surface area contributed by atoms with Gasteiger partial charge in [-0.15, -0.1) is 0 Å². The third-order valence-corrected chi connectivity index (χ3v) is 4.69. The summed E-state index contributed by atoms with van der Waals surface area (Å²) in [6, 6.07) is 15.6. The number of ether oxygens (including phenoxy) is 2. The molecule has 0 spiro atoms. The summed E-state index contributed by atoms with van der Waals surface area (Å²) in [7, 11) is 0. The van der Waals surface area contributed by atoms with Crippen LogP contribution in [0.5, 0.6) is 5.75 Å². The number of azo groups is 1. The van der Waals surface area contributed by atoms with E-state index in [0.717, 1.165) is 54.8 Å². The highest BCUT2D eigenvalue weighted by atomic mass is 16.5. The number of carbonyl (C=O) groups is 1. The highest BCUT2D eigenvalue weighted by molar-refractivity contribution is 5.71. The molecule has 2 rings (SSSR count). The van der Waals surface area contributed by atoms with E-state index in [4.69, 9.17) is 9.47 Å². The molecule has 0 heterocycles. The number of rotatable bonds is 12. The van der Waals surface area contributed by atoms with Gasteiger partial charge in [-0.3, -0.25) is 4.79 Å². The summed E-state index contributed by atoms with van der Waals surface area (Å²) in [4.78, 5) is 11.6. The second kappa shape index (κ2) is 12.7. The molecule has 0 fully saturated rings. The van der Waals surface area contributed by atoms with Crippen molar-refractivity contribution in [3.8, 4) is 5.75 Å². The van der Waals surface area contributed by atoms with E-state index in [2.05, 4.69) is 10.2 Å². The number of aryl methyl sites for hydroxylation is 1. The molecule has 0 aliphatic rings. The minimum Gasteiger partial charge on any atom is -0.494 e. The van der Waals surface area contributed by atoms with E-state index in [1.54, 1.807) is 0 Å². The molecule has 5 heteroatoms. The molecule has 0 amide bonds. The van der Waals surface area contributed by atoms with Gasteiger partial charge in [0.2, 0.25) is 0 Å². The smallest absolute Gasteiger partial charge is 0.308 e. The van der Waals surface area contributed by atoms with Gasteiger partial charge in [0.25, 0.3) is 0 Å². The Bertz CT molecular complexity index is 772. The number of nitrogens with zero attached hydrogens (tertiary/aromatic N) is 2. The first-order chi connectivity index (χ1) is 14.1. The molecular weight excluding hydrogens is 364 g/mol. The van der Waals surface area contributed by atoms with Crippen LogP contribution in [-0.4, -0.2) is 19.2 Å². The van der Waals surface area contributed by atoms with Crippen LogP contribution < -0.4 is 4.74 Å². The van der Waals surface area contributed by atoms with Crippen molar-refractivity contribution >= 4 is 17.3 Å². The van der Waals surface area contributed by atoms with Crippen molar-refractivity contribution in [2.45, 2.75) is 52.9 Å². The number of benzene rings is 2. The first-order valence-corrected chi connectivity index (χ1v) is 10.5. The first kappa shape index (κ1) is 22.6. The standard InChI is InChI=1S/C24H32N2O3/c1-4-20(3)24(27)29-17-8-6-5-7-16-28-23-14-12-21(13-15-23)25-26-22-11-9-10-19(2)18-22/h9-15,18,20H,4-8,16-17H2,1-3H3. The maximum absolute atomic E-state index is 11.6. The van der Waals surface area contributed by atoms with Crippen LogP contribution in [0.15, 0.2) is 58.8 Å². The topological polar surface area (TPSA) is 60.2 Å². The van der Waals surface area contributed by atoms with Crippen LogP contribution in [0.1, 0.15) is 51.5 Å². The normalized spacial score (nSPS) is 12.1. The van der Waals surface area contributed by atoms with Crippen LogP contribution >= 0.6 is 0 Å². The van der Waals surface area contributed by atoms with Gasteiger partial charge in [-0.2, -0.15) is 10.2 Å². The number of hydrogen-bond donors (Lipinski definition) is 0. The van der Waals surface area contributed by atoms with Crippen LogP contribution in [0, 0.1) is 12.8 Å². The Morgan fingerprint density at radius 3 is 2.31 bits per heavy atom. The van der Waals surface area contributed by atoms with Crippen LogP contribution in [0.2, 0.25) is 0 Å². The number of hydrogen-bond acceptors (Lipinski definition) is 5. The Morgan fingerprint density at radius 1 is 0.931 bits per heavy atom. The van der Waals surface area contributed by atoms with Crippen molar-refractivity contribution in [2.24, 2.45) is 16.1 Å². The van der Waals surface area contributed by atoms with E-state index in [1.807, 2.05) is 69.3 Å². The number of unbranched alkanes of at least 4 members (excludes halogenated alkanes) is 3. The molecule has 0 aliphatic carbocycles. The predicted octanol–water partition coefficient (Wildman–Crippen LogP) is 6.94. The fourth-order valence-corrected chi connectivity index (χ4v) is 2.64. The molecule has 1 unspecified atom stereocenters. The highest BCUT2D eigenvalue weighted by Crippen LogP contribution is 2.22. The van der Waals surface area contributed by atoms with Crippen molar-refractivity contribution in [1.29, 1.82) is 0 Å². The fraction of sp³-hybridized carbons (Fsp3) is 0.458. The zero-order valence-corrected chi connectivity index (χ0v) is 17.8. The lowest BCUT2D eigenvalue weighted by Gasteiger charge is -2.09. The van der Waals surface area contributed by atoms with Crippen LogP contribution in [0.25, 0.3) is 0 Å². The zero-order chi connectivity index (χ0) is 20.9. The van der Waals surface area contributed by atoms with Crippen LogP contribution in [0.3, 0.4) is 0 Å². The van der Waals surface area contributed by atoms with Gasteiger partial charge in [-0.05, 0) is 81.0 Å². The molecule has 29 heavy (non-hydrogen) atoms. The minimum atomic E-state index is -0.0855.